The smallest absolute Gasteiger partial charge is 0.165 e. The number of aryl methyl sites for hydroxylation is 2. The van der Waals surface area contributed by atoms with E-state index in [0.29, 0.717) is 29.8 Å². The Kier molecular flexibility index (Phi) is 6.19. The highest BCUT2D eigenvalue weighted by atomic mass is 35.5. The maximum absolute atomic E-state index is 10.1. The van der Waals surface area contributed by atoms with Gasteiger partial charge in [-0.15, -0.1) is 0 Å². The molecular weight excluding hydrogens is 478 g/mol. The zero-order valence-electron chi connectivity index (χ0n) is 20.4. The van der Waals surface area contributed by atoms with Crippen molar-refractivity contribution in [2.45, 2.75) is 46.4 Å². The van der Waals surface area contributed by atoms with Gasteiger partial charge >= 0.3 is 0 Å². The van der Waals surface area contributed by atoms with Crippen molar-refractivity contribution in [3.05, 3.63) is 71.1 Å². The first-order valence-electron chi connectivity index (χ1n) is 11.5. The van der Waals surface area contributed by atoms with Crippen LogP contribution in [0.25, 0.3) is 33.4 Å². The third-order valence-corrected chi connectivity index (χ3v) is 5.89. The van der Waals surface area contributed by atoms with Gasteiger partial charge in [-0.05, 0) is 57.0 Å². The maximum atomic E-state index is 10.1. The van der Waals surface area contributed by atoms with Crippen LogP contribution in [-0.4, -0.2) is 40.6 Å². The molecule has 0 unspecified atom stereocenters. The van der Waals surface area contributed by atoms with E-state index in [1.54, 1.807) is 37.1 Å². The van der Waals surface area contributed by atoms with Gasteiger partial charge in [-0.1, -0.05) is 22.8 Å². The summed E-state index contributed by atoms with van der Waals surface area (Å²) in [6.07, 6.45) is 6.90. The van der Waals surface area contributed by atoms with Crippen LogP contribution < -0.4 is 5.32 Å². The maximum Gasteiger partial charge on any atom is 0.165 e. The minimum absolute atomic E-state index is 0.355. The van der Waals surface area contributed by atoms with Gasteiger partial charge in [-0.25, -0.2) is 9.97 Å². The number of aromatic nitrogens is 6. The number of nitrogens with one attached hydrogen (secondary N) is 1. The molecule has 4 heterocycles. The summed E-state index contributed by atoms with van der Waals surface area (Å²) >= 11 is 6.12. The van der Waals surface area contributed by atoms with Crippen LogP contribution in [0.2, 0.25) is 5.02 Å². The molecule has 184 valence electrons. The van der Waals surface area contributed by atoms with Crippen LogP contribution in [0.5, 0.6) is 0 Å². The topological polar surface area (TPSA) is 115 Å². The molecule has 0 bridgehead atoms. The average Bonchev–Trinajstić information content (AvgIpc) is 3.41. The molecule has 1 aromatic carbocycles. The number of rotatable bonds is 7. The van der Waals surface area contributed by atoms with Gasteiger partial charge < -0.3 is 14.9 Å². The molecule has 10 heteroatoms. The van der Waals surface area contributed by atoms with Gasteiger partial charge in [0.2, 0.25) is 0 Å². The van der Waals surface area contributed by atoms with Gasteiger partial charge in [0.25, 0.3) is 0 Å². The molecule has 36 heavy (non-hydrogen) atoms. The Morgan fingerprint density at radius 2 is 1.92 bits per heavy atom. The summed E-state index contributed by atoms with van der Waals surface area (Å²) in [6, 6.07) is 7.88. The Balaban J connectivity index is 1.58. The van der Waals surface area contributed by atoms with E-state index < -0.39 is 5.60 Å². The summed E-state index contributed by atoms with van der Waals surface area (Å²) in [4.78, 5) is 13.8. The lowest BCUT2D eigenvalue weighted by Gasteiger charge is -2.16. The highest BCUT2D eigenvalue weighted by Crippen LogP contribution is 2.33. The highest BCUT2D eigenvalue weighted by molar-refractivity contribution is 6.30. The summed E-state index contributed by atoms with van der Waals surface area (Å²) in [5, 5.41) is 23.5. The number of hydrogen-bond acceptors (Lipinski definition) is 8. The van der Waals surface area contributed by atoms with E-state index in [2.05, 4.69) is 20.6 Å². The Hall–Kier alpha value is -3.82. The van der Waals surface area contributed by atoms with Crippen molar-refractivity contribution in [3.8, 4) is 22.5 Å². The third-order valence-electron chi connectivity index (χ3n) is 5.68. The number of benzene rings is 1. The number of fused-ring (bicyclic) bond motifs is 1. The first-order chi connectivity index (χ1) is 17.2. The lowest BCUT2D eigenvalue weighted by Crippen LogP contribution is -2.26. The Morgan fingerprint density at radius 1 is 1.08 bits per heavy atom. The molecule has 0 aliphatic heterocycles. The van der Waals surface area contributed by atoms with Gasteiger partial charge in [0.1, 0.15) is 11.6 Å². The van der Waals surface area contributed by atoms with E-state index in [0.717, 1.165) is 44.6 Å². The molecular formula is C26H26ClN7O2. The molecule has 9 nitrogen and oxygen atoms in total. The molecule has 5 aromatic rings. The van der Waals surface area contributed by atoms with Gasteiger partial charge in [-0.3, -0.25) is 9.67 Å². The molecule has 5 rings (SSSR count). The van der Waals surface area contributed by atoms with Gasteiger partial charge in [0.05, 0.1) is 40.1 Å². The first kappa shape index (κ1) is 23.9. The summed E-state index contributed by atoms with van der Waals surface area (Å²) < 4.78 is 7.07. The second kappa shape index (κ2) is 9.33. The molecule has 0 radical (unpaired) electrons. The minimum atomic E-state index is -0.889. The third kappa shape index (κ3) is 5.07. The predicted octanol–water partition coefficient (Wildman–Crippen LogP) is 5.20. The molecule has 4 aromatic heterocycles. The summed E-state index contributed by atoms with van der Waals surface area (Å²) in [5.41, 5.74) is 4.32. The zero-order chi connectivity index (χ0) is 25.4. The molecule has 0 amide bonds. The predicted molar refractivity (Wildman–Crippen MR) is 139 cm³/mol. The Bertz CT molecular complexity index is 1530. The van der Waals surface area contributed by atoms with Crippen LogP contribution in [0.3, 0.4) is 0 Å². The molecule has 0 atom stereocenters. The average molecular weight is 504 g/mol. The number of halogens is 1. The summed E-state index contributed by atoms with van der Waals surface area (Å²) in [5.74, 6) is 1.95. The SMILES string of the molecule is Cc1noc(C)c1-c1ccc2nc(-c3cnn(CC(C)(C)O)c3)nc(NCc3cncc(Cl)c3)c2c1. The Morgan fingerprint density at radius 3 is 2.64 bits per heavy atom. The van der Waals surface area contributed by atoms with E-state index >= 15 is 0 Å². The monoisotopic (exact) mass is 503 g/mol. The van der Waals surface area contributed by atoms with Gasteiger partial charge in [0, 0.05) is 36.1 Å². The molecule has 2 N–H and O–H groups in total. The normalized spacial score (nSPS) is 11.8. The van der Waals surface area contributed by atoms with Gasteiger partial charge in [0.15, 0.2) is 5.82 Å². The van der Waals surface area contributed by atoms with E-state index in [9.17, 15) is 5.11 Å². The van der Waals surface area contributed by atoms with Crippen LogP contribution in [0.4, 0.5) is 5.82 Å². The fourth-order valence-corrected chi connectivity index (χ4v) is 4.34. The van der Waals surface area contributed by atoms with Crippen molar-refractivity contribution in [1.82, 2.24) is 29.9 Å². The van der Waals surface area contributed by atoms with Crippen LogP contribution in [0, 0.1) is 13.8 Å². The molecule has 0 saturated carbocycles. The first-order valence-corrected chi connectivity index (χ1v) is 11.9. The number of pyridine rings is 1. The minimum Gasteiger partial charge on any atom is -0.389 e. The fourth-order valence-electron chi connectivity index (χ4n) is 4.14. The Labute approximate surface area is 213 Å². The van der Waals surface area contributed by atoms with E-state index in [1.165, 1.54) is 0 Å². The summed E-state index contributed by atoms with van der Waals surface area (Å²) in [7, 11) is 0. The number of hydrogen-bond donors (Lipinski definition) is 2. The zero-order valence-corrected chi connectivity index (χ0v) is 21.2. The van der Waals surface area contributed by atoms with Crippen molar-refractivity contribution in [1.29, 1.82) is 0 Å². The molecule has 0 saturated heterocycles. The molecule has 0 aliphatic rings. The van der Waals surface area contributed by atoms with Crippen molar-refractivity contribution in [3.63, 3.8) is 0 Å². The second-order valence-electron chi connectivity index (χ2n) is 9.43. The lowest BCUT2D eigenvalue weighted by atomic mass is 10.0. The molecule has 0 aliphatic carbocycles. The van der Waals surface area contributed by atoms with Crippen LogP contribution in [0.15, 0.2) is 53.6 Å². The lowest BCUT2D eigenvalue weighted by molar-refractivity contribution is 0.0577. The quantitative estimate of drug-likeness (QED) is 0.311. The van der Waals surface area contributed by atoms with Crippen molar-refractivity contribution < 1.29 is 9.63 Å². The van der Waals surface area contributed by atoms with Crippen LogP contribution >= 0.6 is 11.6 Å². The van der Waals surface area contributed by atoms with Crippen LogP contribution in [-0.2, 0) is 13.1 Å². The van der Waals surface area contributed by atoms with Crippen LogP contribution in [0.1, 0.15) is 30.9 Å². The van der Waals surface area contributed by atoms with E-state index in [1.807, 2.05) is 44.3 Å². The van der Waals surface area contributed by atoms with Gasteiger partial charge in [-0.2, -0.15) is 5.10 Å². The number of anilines is 1. The fraction of sp³-hybridized carbons (Fsp3) is 0.269. The van der Waals surface area contributed by atoms with E-state index in [4.69, 9.17) is 26.1 Å². The van der Waals surface area contributed by atoms with Crippen molar-refractivity contribution >= 4 is 28.3 Å². The van der Waals surface area contributed by atoms with Crippen molar-refractivity contribution in [2.24, 2.45) is 0 Å². The highest BCUT2D eigenvalue weighted by Gasteiger charge is 2.18. The number of nitrogens with zero attached hydrogens (tertiary/aromatic N) is 6. The second-order valence-corrected chi connectivity index (χ2v) is 9.87. The van der Waals surface area contributed by atoms with E-state index in [-0.39, 0.29) is 0 Å². The molecule has 0 fully saturated rings. The largest absolute Gasteiger partial charge is 0.389 e. The number of aliphatic hydroxyl groups is 1. The molecule has 0 spiro atoms. The standard InChI is InChI=1S/C26H26ClN7O2/c1-15-23(16(2)36-33-15)18-5-6-22-21(8-18)25(29-10-17-7-20(27)12-28-9-17)32-24(31-22)19-11-30-34(13-19)14-26(3,4)35/h5-9,11-13,35H,10,14H2,1-4H3,(H,29,31,32). The summed E-state index contributed by atoms with van der Waals surface area (Å²) in [6.45, 7) is 8.14. The van der Waals surface area contributed by atoms with Crippen molar-refractivity contribution in [2.75, 3.05) is 5.32 Å².